The predicted molar refractivity (Wildman–Crippen MR) is 121 cm³/mol. The van der Waals surface area contributed by atoms with E-state index >= 15 is 0 Å². The van der Waals surface area contributed by atoms with Crippen LogP contribution < -0.4 is 10.6 Å². The van der Waals surface area contributed by atoms with Crippen molar-refractivity contribution in [2.24, 2.45) is 10.9 Å². The van der Waals surface area contributed by atoms with Crippen molar-refractivity contribution in [1.29, 1.82) is 0 Å². The molecule has 2 rings (SSSR count). The van der Waals surface area contributed by atoms with Gasteiger partial charge in [0, 0.05) is 48.4 Å². The second kappa shape index (κ2) is 10.8. The fraction of sp³-hybridized carbons (Fsp3) is 0.706. The van der Waals surface area contributed by atoms with E-state index < -0.39 is 10.0 Å². The lowest BCUT2D eigenvalue weighted by molar-refractivity contribution is 0.463. The zero-order chi connectivity index (χ0) is 18.4. The van der Waals surface area contributed by atoms with Crippen LogP contribution in [0.15, 0.2) is 17.1 Å². The molecule has 2 atom stereocenters. The SMILES string of the molecule is CCNC(=NCC1CCN(S(C)(=O)=O)C1)NC(C)Cc1ccc(C)s1.I. The monoisotopic (exact) mass is 514 g/mol. The van der Waals surface area contributed by atoms with E-state index in [2.05, 4.69) is 41.6 Å². The molecule has 6 nitrogen and oxygen atoms in total. The number of sulfonamides is 1. The number of hydrogen-bond acceptors (Lipinski definition) is 4. The summed E-state index contributed by atoms with van der Waals surface area (Å²) in [4.78, 5) is 7.38. The molecule has 0 radical (unpaired) electrons. The first kappa shape index (κ1) is 23.6. The van der Waals surface area contributed by atoms with E-state index in [-0.39, 0.29) is 30.0 Å². The Bertz CT molecular complexity index is 691. The van der Waals surface area contributed by atoms with E-state index in [4.69, 9.17) is 0 Å². The molecule has 2 N–H and O–H groups in total. The second-order valence-electron chi connectivity index (χ2n) is 6.76. The van der Waals surface area contributed by atoms with Crippen LogP contribution in [0.3, 0.4) is 0 Å². The average molecular weight is 514 g/mol. The molecule has 1 aliphatic rings. The highest BCUT2D eigenvalue weighted by molar-refractivity contribution is 14.0. The molecule has 1 saturated heterocycles. The van der Waals surface area contributed by atoms with Crippen LogP contribution >= 0.6 is 35.3 Å². The summed E-state index contributed by atoms with van der Waals surface area (Å²) in [6, 6.07) is 4.62. The maximum Gasteiger partial charge on any atom is 0.211 e. The van der Waals surface area contributed by atoms with Gasteiger partial charge in [0.05, 0.1) is 6.26 Å². The molecule has 1 aromatic heterocycles. The summed E-state index contributed by atoms with van der Waals surface area (Å²) in [5.41, 5.74) is 0. The molecule has 2 heterocycles. The number of halogens is 1. The number of thiophene rings is 1. The summed E-state index contributed by atoms with van der Waals surface area (Å²) in [5.74, 6) is 1.10. The van der Waals surface area contributed by atoms with Gasteiger partial charge in [0.15, 0.2) is 5.96 Å². The fourth-order valence-corrected chi connectivity index (χ4v) is 4.91. The molecule has 0 aliphatic carbocycles. The third kappa shape index (κ3) is 7.69. The van der Waals surface area contributed by atoms with E-state index in [9.17, 15) is 8.42 Å². The van der Waals surface area contributed by atoms with Crippen molar-refractivity contribution in [1.82, 2.24) is 14.9 Å². The Morgan fingerprint density at radius 3 is 2.73 bits per heavy atom. The van der Waals surface area contributed by atoms with E-state index in [0.717, 1.165) is 25.3 Å². The Labute approximate surface area is 178 Å². The van der Waals surface area contributed by atoms with Crippen LogP contribution in [0.2, 0.25) is 0 Å². The molecule has 1 aliphatic heterocycles. The molecule has 9 heteroatoms. The maximum absolute atomic E-state index is 11.6. The van der Waals surface area contributed by atoms with Crippen molar-refractivity contribution in [2.75, 3.05) is 32.4 Å². The minimum Gasteiger partial charge on any atom is -0.357 e. The predicted octanol–water partition coefficient (Wildman–Crippen LogP) is 2.44. The van der Waals surface area contributed by atoms with E-state index in [1.54, 1.807) is 4.31 Å². The fourth-order valence-electron chi connectivity index (χ4n) is 2.97. The van der Waals surface area contributed by atoms with Gasteiger partial charge in [-0.25, -0.2) is 12.7 Å². The normalized spacial score (nSPS) is 19.8. The first-order chi connectivity index (χ1) is 11.8. The largest absolute Gasteiger partial charge is 0.357 e. The van der Waals surface area contributed by atoms with Gasteiger partial charge in [0.25, 0.3) is 0 Å². The molecule has 0 saturated carbocycles. The Morgan fingerprint density at radius 1 is 1.46 bits per heavy atom. The smallest absolute Gasteiger partial charge is 0.211 e. The average Bonchev–Trinajstić information content (AvgIpc) is 3.13. The number of aryl methyl sites for hydroxylation is 1. The zero-order valence-corrected chi connectivity index (χ0v) is 20.0. The quantitative estimate of drug-likeness (QED) is 0.333. The van der Waals surface area contributed by atoms with Gasteiger partial charge in [-0.15, -0.1) is 35.3 Å². The number of nitrogens with zero attached hydrogens (tertiary/aromatic N) is 2. The third-order valence-corrected chi connectivity index (χ3v) is 6.55. The first-order valence-electron chi connectivity index (χ1n) is 8.83. The van der Waals surface area contributed by atoms with Gasteiger partial charge in [0.2, 0.25) is 10.0 Å². The second-order valence-corrected chi connectivity index (χ2v) is 10.1. The lowest BCUT2D eigenvalue weighted by Crippen LogP contribution is -2.43. The van der Waals surface area contributed by atoms with Crippen molar-refractivity contribution >= 4 is 51.3 Å². The minimum atomic E-state index is -3.08. The minimum absolute atomic E-state index is 0. The highest BCUT2D eigenvalue weighted by atomic mass is 127. The summed E-state index contributed by atoms with van der Waals surface area (Å²) < 4.78 is 24.8. The highest BCUT2D eigenvalue weighted by Gasteiger charge is 2.28. The van der Waals surface area contributed by atoms with Gasteiger partial charge in [-0.2, -0.15) is 0 Å². The summed E-state index contributed by atoms with van der Waals surface area (Å²) in [6.07, 6.45) is 3.12. The van der Waals surface area contributed by atoms with Crippen molar-refractivity contribution in [3.8, 4) is 0 Å². The molecular weight excluding hydrogens is 483 g/mol. The standard InChI is InChI=1S/C17H30N4O2S2.HI/c1-5-18-17(20-13(2)10-16-7-6-14(3)24-16)19-11-15-8-9-21(12-15)25(4,22)23;/h6-7,13,15H,5,8-12H2,1-4H3,(H2,18,19,20);1H. The van der Waals surface area contributed by atoms with Crippen LogP contribution in [0, 0.1) is 12.8 Å². The Kier molecular flexibility index (Phi) is 9.84. The molecule has 1 aromatic rings. The zero-order valence-electron chi connectivity index (χ0n) is 16.0. The van der Waals surface area contributed by atoms with Crippen LogP contribution in [0.1, 0.15) is 30.0 Å². The van der Waals surface area contributed by atoms with Gasteiger partial charge >= 0.3 is 0 Å². The number of aliphatic imine (C=N–C) groups is 1. The van der Waals surface area contributed by atoms with Gasteiger partial charge in [-0.05, 0) is 45.2 Å². The molecule has 2 unspecified atom stereocenters. The van der Waals surface area contributed by atoms with E-state index in [1.165, 1.54) is 16.0 Å². The van der Waals surface area contributed by atoms with Crippen LogP contribution in [-0.4, -0.2) is 57.2 Å². The van der Waals surface area contributed by atoms with Crippen molar-refractivity contribution in [2.45, 2.75) is 39.7 Å². The number of nitrogens with one attached hydrogen (secondary N) is 2. The maximum atomic E-state index is 11.6. The van der Waals surface area contributed by atoms with Gasteiger partial charge < -0.3 is 10.6 Å². The summed E-state index contributed by atoms with van der Waals surface area (Å²) in [6.45, 7) is 8.96. The Balaban J connectivity index is 0.00000338. The van der Waals surface area contributed by atoms with Gasteiger partial charge in [-0.1, -0.05) is 0 Å². The first-order valence-corrected chi connectivity index (χ1v) is 11.5. The molecule has 26 heavy (non-hydrogen) atoms. The topological polar surface area (TPSA) is 73.8 Å². The summed E-state index contributed by atoms with van der Waals surface area (Å²) >= 11 is 1.83. The molecule has 0 aromatic carbocycles. The third-order valence-electron chi connectivity index (χ3n) is 4.26. The van der Waals surface area contributed by atoms with Crippen molar-refractivity contribution in [3.63, 3.8) is 0 Å². The molecule has 0 amide bonds. The molecule has 1 fully saturated rings. The molecule has 0 spiro atoms. The van der Waals surface area contributed by atoms with Gasteiger partial charge in [0.1, 0.15) is 0 Å². The highest BCUT2D eigenvalue weighted by Crippen LogP contribution is 2.19. The molecular formula is C17H31IN4O2S2. The lowest BCUT2D eigenvalue weighted by Gasteiger charge is -2.18. The van der Waals surface area contributed by atoms with Crippen molar-refractivity contribution < 1.29 is 8.42 Å². The van der Waals surface area contributed by atoms with Crippen molar-refractivity contribution in [3.05, 3.63) is 21.9 Å². The van der Waals surface area contributed by atoms with E-state index in [0.29, 0.717) is 25.6 Å². The number of rotatable bonds is 7. The van der Waals surface area contributed by atoms with Crippen LogP contribution in [0.25, 0.3) is 0 Å². The molecule has 150 valence electrons. The number of hydrogen-bond donors (Lipinski definition) is 2. The summed E-state index contributed by atoms with van der Waals surface area (Å²) in [5, 5.41) is 6.74. The van der Waals surface area contributed by atoms with Crippen LogP contribution in [0.5, 0.6) is 0 Å². The molecule has 0 bridgehead atoms. The lowest BCUT2D eigenvalue weighted by atomic mass is 10.1. The number of guanidine groups is 1. The Hall–Kier alpha value is -0.390. The Morgan fingerprint density at radius 2 is 2.19 bits per heavy atom. The van der Waals surface area contributed by atoms with Crippen LogP contribution in [-0.2, 0) is 16.4 Å². The van der Waals surface area contributed by atoms with Gasteiger partial charge in [-0.3, -0.25) is 4.99 Å². The van der Waals surface area contributed by atoms with E-state index in [1.807, 2.05) is 18.3 Å². The summed E-state index contributed by atoms with van der Waals surface area (Å²) in [7, 11) is -3.08. The van der Waals surface area contributed by atoms with Crippen LogP contribution in [0.4, 0.5) is 0 Å².